The first-order valence-electron chi connectivity index (χ1n) is 6.44. The fourth-order valence-electron chi connectivity index (χ4n) is 2.63. The van der Waals surface area contributed by atoms with Gasteiger partial charge in [-0.3, -0.25) is 4.90 Å². The van der Waals surface area contributed by atoms with Crippen LogP contribution in [0.5, 0.6) is 0 Å². The smallest absolute Gasteiger partial charge is 0.0693 e. The number of fused-ring (bicyclic) bond motifs is 1. The highest BCUT2D eigenvalue weighted by molar-refractivity contribution is 6.34. The van der Waals surface area contributed by atoms with Crippen LogP contribution in [-0.2, 0) is 6.54 Å². The minimum Gasteiger partial charge on any atom is -0.318 e. The molecule has 0 spiro atoms. The molecular weight excluding hydrogens is 246 g/mol. The van der Waals surface area contributed by atoms with E-state index in [1.54, 1.807) is 0 Å². The minimum atomic E-state index is 0.890. The highest BCUT2D eigenvalue weighted by Crippen LogP contribution is 2.28. The molecular formula is C14H18ClN3. The predicted molar refractivity (Wildman–Crippen MR) is 75.3 cm³/mol. The van der Waals surface area contributed by atoms with Crippen molar-refractivity contribution in [1.82, 2.24) is 14.6 Å². The Balaban J connectivity index is 1.97. The number of piperazine rings is 1. The van der Waals surface area contributed by atoms with Crippen molar-refractivity contribution in [3.63, 3.8) is 0 Å². The first-order valence-corrected chi connectivity index (χ1v) is 6.82. The summed E-state index contributed by atoms with van der Waals surface area (Å²) in [6.45, 7) is 7.47. The molecule has 1 aliphatic heterocycles. The van der Waals surface area contributed by atoms with Gasteiger partial charge >= 0.3 is 0 Å². The number of pyridine rings is 1. The van der Waals surface area contributed by atoms with Crippen LogP contribution in [-0.4, -0.2) is 35.5 Å². The molecule has 3 heterocycles. The molecule has 1 fully saturated rings. The molecule has 0 aromatic carbocycles. The molecule has 1 saturated heterocycles. The van der Waals surface area contributed by atoms with Gasteiger partial charge in [-0.25, -0.2) is 0 Å². The van der Waals surface area contributed by atoms with Crippen LogP contribution in [0.3, 0.4) is 0 Å². The molecule has 3 nitrogen and oxygen atoms in total. The molecule has 0 saturated carbocycles. The zero-order valence-electron chi connectivity index (χ0n) is 10.6. The average Bonchev–Trinajstić information content (AvgIpc) is 2.66. The van der Waals surface area contributed by atoms with E-state index in [0.29, 0.717) is 0 Å². The summed E-state index contributed by atoms with van der Waals surface area (Å²) in [4.78, 5) is 2.48. The zero-order chi connectivity index (χ0) is 12.5. The SMILES string of the molecule is Cc1c(Cl)c2ccccn2c1CN1CCNCC1. The fraction of sp³-hybridized carbons (Fsp3) is 0.429. The van der Waals surface area contributed by atoms with E-state index in [0.717, 1.165) is 43.3 Å². The Hall–Kier alpha value is -1.03. The lowest BCUT2D eigenvalue weighted by molar-refractivity contribution is 0.230. The van der Waals surface area contributed by atoms with Crippen LogP contribution in [0, 0.1) is 6.92 Å². The second-order valence-electron chi connectivity index (χ2n) is 4.87. The Bertz CT molecular complexity index is 555. The van der Waals surface area contributed by atoms with E-state index in [4.69, 9.17) is 11.6 Å². The standard InChI is InChI=1S/C14H18ClN3/c1-11-13(10-17-8-5-16-6-9-17)18-7-3-2-4-12(18)14(11)15/h2-4,7,16H,5-6,8-10H2,1H3. The van der Waals surface area contributed by atoms with Crippen LogP contribution in [0.25, 0.3) is 5.52 Å². The summed E-state index contributed by atoms with van der Waals surface area (Å²) < 4.78 is 2.22. The van der Waals surface area contributed by atoms with E-state index in [2.05, 4.69) is 39.9 Å². The summed E-state index contributed by atoms with van der Waals surface area (Å²) >= 11 is 6.41. The zero-order valence-corrected chi connectivity index (χ0v) is 11.4. The maximum atomic E-state index is 6.41. The van der Waals surface area contributed by atoms with Gasteiger partial charge in [0, 0.05) is 44.6 Å². The van der Waals surface area contributed by atoms with E-state index < -0.39 is 0 Å². The van der Waals surface area contributed by atoms with Gasteiger partial charge in [-0.1, -0.05) is 17.7 Å². The Morgan fingerprint density at radius 3 is 2.83 bits per heavy atom. The monoisotopic (exact) mass is 263 g/mol. The molecule has 2 aromatic rings. The highest BCUT2D eigenvalue weighted by atomic mass is 35.5. The summed E-state index contributed by atoms with van der Waals surface area (Å²) in [6.07, 6.45) is 2.10. The molecule has 0 radical (unpaired) electrons. The van der Waals surface area contributed by atoms with Gasteiger partial charge < -0.3 is 9.72 Å². The van der Waals surface area contributed by atoms with Gasteiger partial charge in [0.1, 0.15) is 0 Å². The lowest BCUT2D eigenvalue weighted by atomic mass is 10.2. The Labute approximate surface area is 112 Å². The predicted octanol–water partition coefficient (Wildman–Crippen LogP) is 2.31. The summed E-state index contributed by atoms with van der Waals surface area (Å²) in [7, 11) is 0. The van der Waals surface area contributed by atoms with Gasteiger partial charge in [0.05, 0.1) is 10.5 Å². The van der Waals surface area contributed by atoms with Crippen molar-refractivity contribution in [2.24, 2.45) is 0 Å². The molecule has 4 heteroatoms. The molecule has 1 N–H and O–H groups in total. The third-order valence-corrected chi connectivity index (χ3v) is 4.20. The summed E-state index contributed by atoms with van der Waals surface area (Å²) in [6, 6.07) is 6.18. The molecule has 0 atom stereocenters. The first-order chi connectivity index (χ1) is 8.77. The van der Waals surface area contributed by atoms with Gasteiger partial charge in [0.25, 0.3) is 0 Å². The van der Waals surface area contributed by atoms with Crippen LogP contribution in [0.1, 0.15) is 11.3 Å². The number of halogens is 1. The van der Waals surface area contributed by atoms with Crippen LogP contribution >= 0.6 is 11.6 Å². The van der Waals surface area contributed by atoms with Crippen LogP contribution in [0.4, 0.5) is 0 Å². The van der Waals surface area contributed by atoms with Gasteiger partial charge in [0.2, 0.25) is 0 Å². The topological polar surface area (TPSA) is 19.7 Å². The Kier molecular flexibility index (Phi) is 3.29. The first kappa shape index (κ1) is 12.0. The van der Waals surface area contributed by atoms with Crippen molar-refractivity contribution in [2.75, 3.05) is 26.2 Å². The third kappa shape index (κ3) is 2.03. The van der Waals surface area contributed by atoms with E-state index in [9.17, 15) is 0 Å². The second-order valence-corrected chi connectivity index (χ2v) is 5.25. The summed E-state index contributed by atoms with van der Waals surface area (Å²) in [5.41, 5.74) is 3.64. The van der Waals surface area contributed by atoms with Crippen LogP contribution < -0.4 is 5.32 Å². The average molecular weight is 264 g/mol. The van der Waals surface area contributed by atoms with Gasteiger partial charge in [-0.2, -0.15) is 0 Å². The van der Waals surface area contributed by atoms with Crippen molar-refractivity contribution >= 4 is 17.1 Å². The molecule has 1 aliphatic rings. The Morgan fingerprint density at radius 2 is 2.06 bits per heavy atom. The van der Waals surface area contributed by atoms with Crippen LogP contribution in [0.15, 0.2) is 24.4 Å². The van der Waals surface area contributed by atoms with E-state index in [1.807, 2.05) is 6.07 Å². The van der Waals surface area contributed by atoms with Gasteiger partial charge in [-0.15, -0.1) is 0 Å². The van der Waals surface area contributed by atoms with Crippen LogP contribution in [0.2, 0.25) is 5.02 Å². The normalized spacial score (nSPS) is 17.4. The molecule has 0 amide bonds. The number of nitrogens with one attached hydrogen (secondary N) is 1. The lowest BCUT2D eigenvalue weighted by Crippen LogP contribution is -2.43. The molecule has 0 bridgehead atoms. The maximum absolute atomic E-state index is 6.41. The summed E-state index contributed by atoms with van der Waals surface area (Å²) in [5, 5.41) is 4.27. The number of hydrogen-bond acceptors (Lipinski definition) is 2. The molecule has 2 aromatic heterocycles. The number of nitrogens with zero attached hydrogens (tertiary/aromatic N) is 2. The van der Waals surface area contributed by atoms with E-state index in [-0.39, 0.29) is 0 Å². The minimum absolute atomic E-state index is 0.890. The third-order valence-electron chi connectivity index (χ3n) is 3.72. The molecule has 0 aliphatic carbocycles. The van der Waals surface area contributed by atoms with Gasteiger partial charge in [0.15, 0.2) is 0 Å². The Morgan fingerprint density at radius 1 is 1.28 bits per heavy atom. The second kappa shape index (κ2) is 4.92. The number of aromatic nitrogens is 1. The maximum Gasteiger partial charge on any atom is 0.0693 e. The van der Waals surface area contributed by atoms with E-state index >= 15 is 0 Å². The highest BCUT2D eigenvalue weighted by Gasteiger charge is 2.17. The molecule has 3 rings (SSSR count). The molecule has 96 valence electrons. The quantitative estimate of drug-likeness (QED) is 0.897. The van der Waals surface area contributed by atoms with Crippen molar-refractivity contribution < 1.29 is 0 Å². The van der Waals surface area contributed by atoms with Gasteiger partial charge in [-0.05, 0) is 24.6 Å². The number of hydrogen-bond donors (Lipinski definition) is 1. The van der Waals surface area contributed by atoms with E-state index in [1.165, 1.54) is 11.3 Å². The number of rotatable bonds is 2. The largest absolute Gasteiger partial charge is 0.318 e. The summed E-state index contributed by atoms with van der Waals surface area (Å²) in [5.74, 6) is 0. The van der Waals surface area contributed by atoms with Crippen molar-refractivity contribution in [3.8, 4) is 0 Å². The molecule has 0 unspecified atom stereocenters. The van der Waals surface area contributed by atoms with Crippen molar-refractivity contribution in [1.29, 1.82) is 0 Å². The van der Waals surface area contributed by atoms with Crippen molar-refractivity contribution in [3.05, 3.63) is 40.7 Å². The fourth-order valence-corrected chi connectivity index (χ4v) is 2.90. The van der Waals surface area contributed by atoms with Crippen molar-refractivity contribution in [2.45, 2.75) is 13.5 Å². The lowest BCUT2D eigenvalue weighted by Gasteiger charge is -2.27. The molecule has 18 heavy (non-hydrogen) atoms.